The molecular formula is C30H26N6O6. The predicted molar refractivity (Wildman–Crippen MR) is 153 cm³/mol. The zero-order valence-corrected chi connectivity index (χ0v) is 22.7. The van der Waals surface area contributed by atoms with E-state index in [0.717, 1.165) is 11.5 Å². The van der Waals surface area contributed by atoms with Gasteiger partial charge >= 0.3 is 11.9 Å². The predicted octanol–water partition coefficient (Wildman–Crippen LogP) is 4.99. The molecule has 0 bridgehead atoms. The minimum atomic E-state index is -1.03. The molecule has 0 aliphatic rings. The average molecular weight is 567 g/mol. The Morgan fingerprint density at radius 2 is 1.02 bits per heavy atom. The number of hydrogen-bond donors (Lipinski definition) is 2. The van der Waals surface area contributed by atoms with Crippen LogP contribution in [0.5, 0.6) is 11.5 Å². The first-order chi connectivity index (χ1) is 20.4. The number of benzene rings is 2. The van der Waals surface area contributed by atoms with Crippen molar-refractivity contribution >= 4 is 23.0 Å². The van der Waals surface area contributed by atoms with Gasteiger partial charge in [-0.1, -0.05) is 0 Å². The minimum Gasteiger partial charge on any atom is -0.494 e. The van der Waals surface area contributed by atoms with Gasteiger partial charge in [0.2, 0.25) is 0 Å². The van der Waals surface area contributed by atoms with Crippen molar-refractivity contribution < 1.29 is 29.3 Å². The lowest BCUT2D eigenvalue weighted by Crippen LogP contribution is -1.98. The largest absolute Gasteiger partial charge is 0.494 e. The molecule has 4 aromatic heterocycles. The number of ether oxygens (including phenoxy) is 2. The van der Waals surface area contributed by atoms with Crippen LogP contribution in [0, 0.1) is 0 Å². The van der Waals surface area contributed by atoms with Crippen molar-refractivity contribution in [3.05, 3.63) is 96.3 Å². The van der Waals surface area contributed by atoms with Crippen molar-refractivity contribution in [2.45, 2.75) is 13.8 Å². The molecule has 0 saturated carbocycles. The summed E-state index contributed by atoms with van der Waals surface area (Å²) in [5.74, 6) is -0.580. The van der Waals surface area contributed by atoms with E-state index in [9.17, 15) is 19.8 Å². The van der Waals surface area contributed by atoms with E-state index < -0.39 is 11.9 Å². The number of rotatable bonds is 8. The van der Waals surface area contributed by atoms with Crippen LogP contribution in [-0.4, -0.2) is 65.0 Å². The monoisotopic (exact) mass is 566 g/mol. The lowest BCUT2D eigenvalue weighted by Gasteiger charge is -2.03. The SMILES string of the molecule is CCOc1ccc(-c2nn3ncccc3c2C(=O)O)cc1.CCOc1ccc(-c2nn3ncccc3c2C(=O)O)cc1. The van der Waals surface area contributed by atoms with Crippen LogP contribution < -0.4 is 9.47 Å². The molecule has 0 fully saturated rings. The Kier molecular flexibility index (Phi) is 8.05. The second-order valence-corrected chi connectivity index (χ2v) is 8.77. The van der Waals surface area contributed by atoms with E-state index in [1.165, 1.54) is 9.26 Å². The van der Waals surface area contributed by atoms with E-state index in [1.807, 2.05) is 13.8 Å². The normalized spacial score (nSPS) is 10.7. The van der Waals surface area contributed by atoms with Crippen LogP contribution in [0.25, 0.3) is 33.5 Å². The van der Waals surface area contributed by atoms with Crippen molar-refractivity contribution in [3.63, 3.8) is 0 Å². The zero-order valence-electron chi connectivity index (χ0n) is 22.7. The van der Waals surface area contributed by atoms with Gasteiger partial charge in [0.1, 0.15) is 45.0 Å². The summed E-state index contributed by atoms with van der Waals surface area (Å²) >= 11 is 0. The van der Waals surface area contributed by atoms with E-state index in [4.69, 9.17) is 9.47 Å². The molecule has 12 heteroatoms. The number of aromatic carboxylic acids is 2. The van der Waals surface area contributed by atoms with Gasteiger partial charge in [-0.15, -0.1) is 10.2 Å². The maximum Gasteiger partial charge on any atom is 0.340 e. The number of fused-ring (bicyclic) bond motifs is 2. The Balaban J connectivity index is 0.000000168. The molecule has 0 spiro atoms. The van der Waals surface area contributed by atoms with Gasteiger partial charge in [-0.05, 0) is 86.6 Å². The fourth-order valence-corrected chi connectivity index (χ4v) is 4.36. The van der Waals surface area contributed by atoms with Gasteiger partial charge in [0.25, 0.3) is 0 Å². The van der Waals surface area contributed by atoms with E-state index in [-0.39, 0.29) is 11.1 Å². The van der Waals surface area contributed by atoms with Crippen LogP contribution in [0.15, 0.2) is 85.2 Å². The molecule has 2 aromatic carbocycles. The van der Waals surface area contributed by atoms with Crippen LogP contribution in [0.3, 0.4) is 0 Å². The van der Waals surface area contributed by atoms with Crippen LogP contribution in [0.4, 0.5) is 0 Å². The first kappa shape index (κ1) is 27.8. The lowest BCUT2D eigenvalue weighted by molar-refractivity contribution is 0.0688. The quantitative estimate of drug-likeness (QED) is 0.258. The summed E-state index contributed by atoms with van der Waals surface area (Å²) in [7, 11) is 0. The molecule has 0 aliphatic carbocycles. The lowest BCUT2D eigenvalue weighted by atomic mass is 10.1. The van der Waals surface area contributed by atoms with Gasteiger partial charge in [-0.3, -0.25) is 0 Å². The summed E-state index contributed by atoms with van der Waals surface area (Å²) in [4.78, 5) is 23.1. The van der Waals surface area contributed by atoms with Crippen LogP contribution in [0.2, 0.25) is 0 Å². The van der Waals surface area contributed by atoms with Gasteiger partial charge in [-0.25, -0.2) is 9.59 Å². The molecule has 2 N–H and O–H groups in total. The average Bonchev–Trinajstić information content (AvgIpc) is 3.58. The topological polar surface area (TPSA) is 153 Å². The first-order valence-electron chi connectivity index (χ1n) is 13.0. The van der Waals surface area contributed by atoms with Gasteiger partial charge in [0, 0.05) is 23.5 Å². The number of aromatic nitrogens is 6. The number of nitrogens with zero attached hydrogens (tertiary/aromatic N) is 6. The summed E-state index contributed by atoms with van der Waals surface area (Å²) in [6.45, 7) is 4.98. The number of carboxylic acid groups (broad SMARTS) is 2. The van der Waals surface area contributed by atoms with Crippen molar-refractivity contribution in [3.8, 4) is 34.0 Å². The van der Waals surface area contributed by atoms with Gasteiger partial charge in [-0.2, -0.15) is 19.5 Å². The highest BCUT2D eigenvalue weighted by Gasteiger charge is 2.22. The second-order valence-electron chi connectivity index (χ2n) is 8.77. The first-order valence-corrected chi connectivity index (χ1v) is 13.0. The summed E-state index contributed by atoms with van der Waals surface area (Å²) in [5, 5.41) is 35.5. The smallest absolute Gasteiger partial charge is 0.340 e. The fourth-order valence-electron chi connectivity index (χ4n) is 4.36. The summed E-state index contributed by atoms with van der Waals surface area (Å²) in [5.41, 5.74) is 3.43. The third-order valence-corrected chi connectivity index (χ3v) is 6.14. The Bertz CT molecular complexity index is 1720. The summed E-state index contributed by atoms with van der Waals surface area (Å²) in [6, 6.07) is 21.1. The van der Waals surface area contributed by atoms with Gasteiger partial charge in [0.15, 0.2) is 0 Å². The molecule has 0 amide bonds. The minimum absolute atomic E-state index is 0.146. The molecule has 42 heavy (non-hydrogen) atoms. The Morgan fingerprint density at radius 3 is 1.36 bits per heavy atom. The molecule has 212 valence electrons. The van der Waals surface area contributed by atoms with E-state index in [2.05, 4.69) is 20.4 Å². The Morgan fingerprint density at radius 1 is 0.643 bits per heavy atom. The maximum absolute atomic E-state index is 11.5. The molecule has 6 aromatic rings. The van der Waals surface area contributed by atoms with Crippen molar-refractivity contribution in [1.82, 2.24) is 29.7 Å². The zero-order chi connectivity index (χ0) is 29.6. The number of hydrogen-bond acceptors (Lipinski definition) is 8. The Hall–Kier alpha value is -5.78. The van der Waals surface area contributed by atoms with E-state index >= 15 is 0 Å². The third kappa shape index (κ3) is 5.59. The fraction of sp³-hybridized carbons (Fsp3) is 0.133. The molecule has 0 aliphatic heterocycles. The van der Waals surface area contributed by atoms with Crippen LogP contribution in [0.1, 0.15) is 34.6 Å². The van der Waals surface area contributed by atoms with Crippen molar-refractivity contribution in [2.24, 2.45) is 0 Å². The standard InChI is InChI=1S/2C15H13N3O3/c2*1-2-21-11-7-5-10(6-8-11)14-13(15(19)20)12-4-3-9-16-18(12)17-14/h2*3-9H,2H2,1H3,(H,19,20). The van der Waals surface area contributed by atoms with E-state index in [1.54, 1.807) is 85.2 Å². The molecule has 0 saturated heterocycles. The van der Waals surface area contributed by atoms with Crippen molar-refractivity contribution in [2.75, 3.05) is 13.2 Å². The molecular weight excluding hydrogens is 540 g/mol. The van der Waals surface area contributed by atoms with Crippen LogP contribution in [-0.2, 0) is 0 Å². The molecule has 0 radical (unpaired) electrons. The molecule has 12 nitrogen and oxygen atoms in total. The highest BCUT2D eigenvalue weighted by Crippen LogP contribution is 2.28. The molecule has 0 atom stereocenters. The van der Waals surface area contributed by atoms with Crippen LogP contribution >= 0.6 is 0 Å². The summed E-state index contributed by atoms with van der Waals surface area (Å²) in [6.07, 6.45) is 3.13. The molecule has 0 unspecified atom stereocenters. The highest BCUT2D eigenvalue weighted by atomic mass is 16.5. The van der Waals surface area contributed by atoms with Gasteiger partial charge < -0.3 is 19.7 Å². The van der Waals surface area contributed by atoms with Gasteiger partial charge in [0.05, 0.1) is 13.2 Å². The number of carbonyl (C=O) groups is 2. The third-order valence-electron chi connectivity index (χ3n) is 6.14. The maximum atomic E-state index is 11.5. The summed E-state index contributed by atoms with van der Waals surface area (Å²) < 4.78 is 13.4. The molecule has 6 rings (SSSR count). The van der Waals surface area contributed by atoms with Crippen molar-refractivity contribution in [1.29, 1.82) is 0 Å². The Labute approximate surface area is 239 Å². The highest BCUT2D eigenvalue weighted by molar-refractivity contribution is 6.02. The second kappa shape index (κ2) is 12.2. The molecule has 4 heterocycles. The number of carboxylic acids is 2. The van der Waals surface area contributed by atoms with E-state index in [0.29, 0.717) is 46.8 Å².